The van der Waals surface area contributed by atoms with Crippen LogP contribution < -0.4 is 5.69 Å². The van der Waals surface area contributed by atoms with Gasteiger partial charge in [0, 0.05) is 28.9 Å². The minimum absolute atomic E-state index is 0.0376. The van der Waals surface area contributed by atoms with Gasteiger partial charge in [-0.1, -0.05) is 18.2 Å². The van der Waals surface area contributed by atoms with E-state index in [1.165, 1.54) is 0 Å². The van der Waals surface area contributed by atoms with Crippen molar-refractivity contribution in [2.45, 2.75) is 0 Å². The van der Waals surface area contributed by atoms with Crippen LogP contribution in [0.5, 0.6) is 0 Å². The predicted octanol–water partition coefficient (Wildman–Crippen LogP) is 1.62. The standard InChI is InChI=1S/C13H9N3O3/c17-12(18)9-6-15-13(19)16-11(9)8-5-14-10-4-2-1-3-7(8)10/h1-6,14H,(H,17,18)(H,15,16,19). The van der Waals surface area contributed by atoms with Gasteiger partial charge in [0.25, 0.3) is 0 Å². The van der Waals surface area contributed by atoms with Crippen LogP contribution in [0.1, 0.15) is 10.4 Å². The zero-order valence-electron chi connectivity index (χ0n) is 9.68. The highest BCUT2D eigenvalue weighted by molar-refractivity contribution is 6.01. The highest BCUT2D eigenvalue weighted by Gasteiger charge is 2.16. The Kier molecular flexibility index (Phi) is 2.42. The molecule has 94 valence electrons. The number of nitrogens with zero attached hydrogens (tertiary/aromatic N) is 1. The van der Waals surface area contributed by atoms with Gasteiger partial charge in [0.05, 0.1) is 5.69 Å². The molecule has 3 aromatic rings. The number of fused-ring (bicyclic) bond motifs is 1. The zero-order valence-corrected chi connectivity index (χ0v) is 9.68. The number of benzene rings is 1. The largest absolute Gasteiger partial charge is 0.478 e. The third-order valence-electron chi connectivity index (χ3n) is 2.90. The average Bonchev–Trinajstić information content (AvgIpc) is 2.82. The summed E-state index contributed by atoms with van der Waals surface area (Å²) >= 11 is 0. The third kappa shape index (κ3) is 1.79. The van der Waals surface area contributed by atoms with Crippen LogP contribution in [0.2, 0.25) is 0 Å². The van der Waals surface area contributed by atoms with E-state index in [4.69, 9.17) is 5.11 Å². The summed E-state index contributed by atoms with van der Waals surface area (Å²) in [6.45, 7) is 0. The Morgan fingerprint density at radius 3 is 2.84 bits per heavy atom. The summed E-state index contributed by atoms with van der Waals surface area (Å²) in [5.41, 5.74) is 1.14. The lowest BCUT2D eigenvalue weighted by molar-refractivity contribution is 0.0697. The summed E-state index contributed by atoms with van der Waals surface area (Å²) in [5, 5.41) is 9.99. The summed E-state index contributed by atoms with van der Waals surface area (Å²) in [4.78, 5) is 31.5. The zero-order chi connectivity index (χ0) is 13.4. The molecule has 6 nitrogen and oxygen atoms in total. The fraction of sp³-hybridized carbons (Fsp3) is 0. The number of aromatic amines is 2. The molecule has 1 aromatic carbocycles. The second-order valence-corrected chi connectivity index (χ2v) is 4.03. The number of hydrogen-bond donors (Lipinski definition) is 3. The Balaban J connectivity index is 2.35. The molecule has 0 radical (unpaired) electrons. The summed E-state index contributed by atoms with van der Waals surface area (Å²) in [6, 6.07) is 7.44. The molecule has 2 heterocycles. The maximum absolute atomic E-state index is 11.3. The van der Waals surface area contributed by atoms with Gasteiger partial charge in [0.15, 0.2) is 0 Å². The van der Waals surface area contributed by atoms with Crippen LogP contribution in [0.25, 0.3) is 22.2 Å². The molecule has 0 atom stereocenters. The predicted molar refractivity (Wildman–Crippen MR) is 69.1 cm³/mol. The van der Waals surface area contributed by atoms with Gasteiger partial charge in [-0.05, 0) is 6.07 Å². The molecule has 0 aliphatic heterocycles. The Hall–Kier alpha value is -2.89. The second kappa shape index (κ2) is 4.09. The minimum atomic E-state index is -1.14. The number of carboxylic acid groups (broad SMARTS) is 1. The Morgan fingerprint density at radius 2 is 2.05 bits per heavy atom. The summed E-state index contributed by atoms with van der Waals surface area (Å²) in [7, 11) is 0. The van der Waals surface area contributed by atoms with Crippen molar-refractivity contribution in [3.05, 3.63) is 52.7 Å². The van der Waals surface area contributed by atoms with E-state index in [9.17, 15) is 9.59 Å². The van der Waals surface area contributed by atoms with E-state index in [1.54, 1.807) is 6.20 Å². The van der Waals surface area contributed by atoms with Crippen molar-refractivity contribution < 1.29 is 9.90 Å². The molecule has 6 heteroatoms. The topological polar surface area (TPSA) is 98.8 Å². The monoisotopic (exact) mass is 255 g/mol. The van der Waals surface area contributed by atoms with Crippen LogP contribution in [-0.4, -0.2) is 26.0 Å². The van der Waals surface area contributed by atoms with Crippen LogP contribution in [0.3, 0.4) is 0 Å². The van der Waals surface area contributed by atoms with E-state index in [-0.39, 0.29) is 11.3 Å². The highest BCUT2D eigenvalue weighted by atomic mass is 16.4. The molecule has 19 heavy (non-hydrogen) atoms. The lowest BCUT2D eigenvalue weighted by Gasteiger charge is -2.03. The van der Waals surface area contributed by atoms with Crippen LogP contribution in [0.15, 0.2) is 41.5 Å². The van der Waals surface area contributed by atoms with Crippen molar-refractivity contribution >= 4 is 16.9 Å². The first kappa shape index (κ1) is 11.2. The molecule has 0 amide bonds. The fourth-order valence-corrected chi connectivity index (χ4v) is 2.05. The van der Waals surface area contributed by atoms with E-state index in [2.05, 4.69) is 15.0 Å². The maximum atomic E-state index is 11.3. The van der Waals surface area contributed by atoms with E-state index >= 15 is 0 Å². The first-order valence-corrected chi connectivity index (χ1v) is 5.56. The fourth-order valence-electron chi connectivity index (χ4n) is 2.05. The SMILES string of the molecule is O=C(O)c1cnc(=O)[nH]c1-c1c[nH]c2ccccc12. The number of nitrogens with one attached hydrogen (secondary N) is 2. The van der Waals surface area contributed by atoms with Crippen LogP contribution in [0.4, 0.5) is 0 Å². The van der Waals surface area contributed by atoms with Gasteiger partial charge in [-0.15, -0.1) is 0 Å². The van der Waals surface area contributed by atoms with Gasteiger partial charge in [-0.3, -0.25) is 0 Å². The normalized spacial score (nSPS) is 10.7. The lowest BCUT2D eigenvalue weighted by atomic mass is 10.1. The first-order valence-electron chi connectivity index (χ1n) is 5.56. The van der Waals surface area contributed by atoms with Crippen LogP contribution in [0, 0.1) is 0 Å². The van der Waals surface area contributed by atoms with Crippen molar-refractivity contribution in [2.24, 2.45) is 0 Å². The molecule has 3 N–H and O–H groups in total. The van der Waals surface area contributed by atoms with Crippen molar-refractivity contribution in [2.75, 3.05) is 0 Å². The molecule has 0 aliphatic rings. The Morgan fingerprint density at radius 1 is 1.26 bits per heavy atom. The first-order chi connectivity index (χ1) is 9.16. The third-order valence-corrected chi connectivity index (χ3v) is 2.90. The number of carboxylic acids is 1. The van der Waals surface area contributed by atoms with Gasteiger partial charge in [-0.2, -0.15) is 0 Å². The summed E-state index contributed by atoms with van der Waals surface area (Å²) in [6.07, 6.45) is 2.74. The van der Waals surface area contributed by atoms with Crippen molar-refractivity contribution in [3.63, 3.8) is 0 Å². The number of H-pyrrole nitrogens is 2. The molecule has 0 bridgehead atoms. The number of para-hydroxylation sites is 1. The van der Waals surface area contributed by atoms with Crippen molar-refractivity contribution in [1.82, 2.24) is 15.0 Å². The molecular weight excluding hydrogens is 246 g/mol. The van der Waals surface area contributed by atoms with Gasteiger partial charge in [-0.25, -0.2) is 14.6 Å². The Labute approximate surface area is 106 Å². The van der Waals surface area contributed by atoms with E-state index in [0.29, 0.717) is 5.56 Å². The van der Waals surface area contributed by atoms with Crippen LogP contribution in [-0.2, 0) is 0 Å². The molecule has 0 spiro atoms. The van der Waals surface area contributed by atoms with Gasteiger partial charge in [0.1, 0.15) is 5.56 Å². The number of hydrogen-bond acceptors (Lipinski definition) is 3. The van der Waals surface area contributed by atoms with E-state index in [0.717, 1.165) is 17.1 Å². The molecule has 0 unspecified atom stereocenters. The average molecular weight is 255 g/mol. The second-order valence-electron chi connectivity index (χ2n) is 4.03. The molecule has 2 aromatic heterocycles. The van der Waals surface area contributed by atoms with Crippen molar-refractivity contribution in [1.29, 1.82) is 0 Å². The smallest absolute Gasteiger partial charge is 0.345 e. The molecular formula is C13H9N3O3. The van der Waals surface area contributed by atoms with Gasteiger partial charge >= 0.3 is 11.7 Å². The quantitative estimate of drug-likeness (QED) is 0.647. The highest BCUT2D eigenvalue weighted by Crippen LogP contribution is 2.28. The molecule has 3 rings (SSSR count). The lowest BCUT2D eigenvalue weighted by Crippen LogP contribution is -2.14. The molecule has 0 fully saturated rings. The summed E-state index contributed by atoms with van der Waals surface area (Å²) in [5.74, 6) is -1.14. The van der Waals surface area contributed by atoms with Gasteiger partial charge < -0.3 is 15.1 Å². The maximum Gasteiger partial charge on any atom is 0.345 e. The van der Waals surface area contributed by atoms with E-state index in [1.807, 2.05) is 24.3 Å². The summed E-state index contributed by atoms with van der Waals surface area (Å²) < 4.78 is 0. The van der Waals surface area contributed by atoms with Crippen LogP contribution >= 0.6 is 0 Å². The Bertz CT molecular complexity index is 832. The number of aromatic carboxylic acids is 1. The van der Waals surface area contributed by atoms with Crippen molar-refractivity contribution in [3.8, 4) is 11.3 Å². The van der Waals surface area contributed by atoms with E-state index < -0.39 is 11.7 Å². The number of aromatic nitrogens is 3. The number of rotatable bonds is 2. The molecule has 0 aliphatic carbocycles. The van der Waals surface area contributed by atoms with Gasteiger partial charge in [0.2, 0.25) is 0 Å². The molecule has 0 saturated carbocycles. The number of carbonyl (C=O) groups is 1. The molecule has 0 saturated heterocycles. The minimum Gasteiger partial charge on any atom is -0.478 e.